The van der Waals surface area contributed by atoms with Crippen LogP contribution in [0.4, 0.5) is 0 Å². The molecule has 10 unspecified atom stereocenters. The molecule has 3 aliphatic heterocycles. The fourth-order valence-corrected chi connectivity index (χ4v) is 9.00. The van der Waals surface area contributed by atoms with E-state index in [2.05, 4.69) is 52.8 Å². The monoisotopic (exact) mass is 940 g/mol. The van der Waals surface area contributed by atoms with Gasteiger partial charge in [-0.2, -0.15) is 0 Å². The van der Waals surface area contributed by atoms with Gasteiger partial charge in [-0.3, -0.25) is 43.2 Å². The van der Waals surface area contributed by atoms with Crippen molar-refractivity contribution in [2.75, 3.05) is 6.54 Å². The van der Waals surface area contributed by atoms with E-state index in [9.17, 15) is 43.2 Å². The predicted molar refractivity (Wildman–Crippen MR) is 248 cm³/mol. The Bertz CT molecular complexity index is 2360. The maximum Gasteiger partial charge on any atom is 0.245 e. The number of carbonyl (C=O) groups excluding carboxylic acids is 9. The summed E-state index contributed by atoms with van der Waals surface area (Å²) in [5.74, 6) is -7.54. The van der Waals surface area contributed by atoms with Crippen LogP contribution in [0.3, 0.4) is 0 Å². The summed E-state index contributed by atoms with van der Waals surface area (Å²) in [5.41, 5.74) is 2.05. The number of fused-ring (bicyclic) bond motifs is 6. The molecule has 4 heterocycles. The van der Waals surface area contributed by atoms with Crippen LogP contribution in [0.5, 0.6) is 0 Å². The van der Waals surface area contributed by atoms with Gasteiger partial charge in [0.2, 0.25) is 53.2 Å². The lowest BCUT2D eigenvalue weighted by Crippen LogP contribution is -2.65. The van der Waals surface area contributed by atoms with Crippen molar-refractivity contribution < 1.29 is 47.9 Å². The number of para-hydroxylation sites is 1. The van der Waals surface area contributed by atoms with E-state index in [1.807, 2.05) is 45.0 Å². The summed E-state index contributed by atoms with van der Waals surface area (Å²) in [5, 5.41) is 25.0. The van der Waals surface area contributed by atoms with Gasteiger partial charge in [-0.1, -0.05) is 83.1 Å². The number of benzene rings is 2. The summed E-state index contributed by atoms with van der Waals surface area (Å²) in [7, 11) is 0. The second-order valence-electron chi connectivity index (χ2n) is 18.5. The van der Waals surface area contributed by atoms with Crippen molar-refractivity contribution in [3.63, 3.8) is 0 Å². The smallest absolute Gasteiger partial charge is 0.245 e. The van der Waals surface area contributed by atoms with Crippen LogP contribution in [0.1, 0.15) is 78.4 Å². The summed E-state index contributed by atoms with van der Waals surface area (Å²) in [6, 6.07) is 6.58. The Morgan fingerprint density at radius 2 is 1.28 bits per heavy atom. The highest BCUT2D eigenvalue weighted by Crippen LogP contribution is 2.31. The first kappa shape index (κ1) is 50.6. The number of nitrogens with one attached hydrogen (secondary N) is 10. The average molecular weight is 941 g/mol. The number of hydrogen-bond acceptors (Lipinski definition) is 10. The number of rotatable bonds is 11. The lowest BCUT2D eigenvalue weighted by molar-refractivity contribution is -0.154. The zero-order valence-electron chi connectivity index (χ0n) is 39.2. The van der Waals surface area contributed by atoms with E-state index in [1.54, 1.807) is 50.4 Å². The molecule has 20 nitrogen and oxygen atoms in total. The van der Waals surface area contributed by atoms with E-state index in [-0.39, 0.29) is 49.0 Å². The molecule has 0 aliphatic carbocycles. The number of amides is 9. The van der Waals surface area contributed by atoms with Crippen molar-refractivity contribution in [3.8, 4) is 0 Å². The number of H-pyrrole nitrogens is 1. The molecule has 2 aromatic carbocycles. The maximum absolute atomic E-state index is 14.5. The van der Waals surface area contributed by atoms with Gasteiger partial charge in [-0.05, 0) is 47.8 Å². The van der Waals surface area contributed by atoms with E-state index in [0.29, 0.717) is 17.5 Å². The molecule has 10 N–H and O–H groups in total. The second-order valence-corrected chi connectivity index (χ2v) is 18.5. The van der Waals surface area contributed by atoms with Crippen LogP contribution in [0, 0.1) is 17.8 Å². The molecular formula is C48H64N10O10. The van der Waals surface area contributed by atoms with Crippen molar-refractivity contribution in [1.82, 2.24) is 52.8 Å². The summed E-state index contributed by atoms with van der Waals surface area (Å²) < 4.78 is 6.26. The van der Waals surface area contributed by atoms with Crippen molar-refractivity contribution >= 4 is 64.1 Å². The van der Waals surface area contributed by atoms with E-state index < -0.39 is 115 Å². The second kappa shape index (κ2) is 22.8. The van der Waals surface area contributed by atoms with Gasteiger partial charge in [-0.15, -0.1) is 0 Å². The minimum atomic E-state index is -1.70. The highest BCUT2D eigenvalue weighted by molar-refractivity contribution is 6.01. The van der Waals surface area contributed by atoms with Crippen LogP contribution in [0.25, 0.3) is 10.9 Å². The number of aromatic nitrogens is 1. The Balaban J connectivity index is 1.38. The minimum absolute atomic E-state index is 0.00808. The average Bonchev–Trinajstić information content (AvgIpc) is 3.70. The van der Waals surface area contributed by atoms with E-state index >= 15 is 0 Å². The SMILES string of the molecule is CCC1OC(NC(=O)CC2NC(=O)C(CC(C)C)NC(=O)[C@@H]3CNC(=O)CC(NC2=O)C(=O)NC(Cc2c[nH]c4ccccc24)C(=O)NC(Cc2ccccc2)C(=O)N3)C(NC(C)=O)C(C)C1C. The first-order valence-corrected chi connectivity index (χ1v) is 23.3. The largest absolute Gasteiger partial charge is 0.361 e. The summed E-state index contributed by atoms with van der Waals surface area (Å²) in [6.45, 7) is 10.3. The van der Waals surface area contributed by atoms with Gasteiger partial charge >= 0.3 is 0 Å². The standard InChI is InChI=1S/C48H64N10O10/c1-7-38-25(4)26(5)41(51-27(6)59)48(68-38)58-40(61)21-36-46(66)55-35-20-39(60)50-23-37(47(67)52-32(17-24(2)3)42(62)56-36)57-43(63)33(18-28-13-9-8-10-14-28)53-44(64)34(54-45(35)65)19-29-22-49-31-16-12-11-15-30(29)31/h8-16,22,24-26,32-38,41,48-49H,7,17-21,23H2,1-6H3,(H,50,60)(H,51,59)(H,52,67)(H,53,64)(H,54,65)(H,55,66)(H,56,62)(H,57,63)(H,58,61)/t25?,26?,32?,33?,34?,35?,36?,37-,38?,41?,48?/m0/s1. The molecule has 0 spiro atoms. The summed E-state index contributed by atoms with van der Waals surface area (Å²) in [4.78, 5) is 130. The Labute approximate surface area is 394 Å². The van der Waals surface area contributed by atoms with Gasteiger partial charge in [0.05, 0.1) is 25.0 Å². The third-order valence-corrected chi connectivity index (χ3v) is 12.9. The Morgan fingerprint density at radius 3 is 1.99 bits per heavy atom. The molecule has 20 heteroatoms. The normalized spacial score (nSPS) is 28.8. The number of carbonyl (C=O) groups is 9. The van der Waals surface area contributed by atoms with Gasteiger partial charge in [0.15, 0.2) is 6.23 Å². The Kier molecular flexibility index (Phi) is 16.9. The zero-order chi connectivity index (χ0) is 49.2. The molecule has 6 rings (SSSR count). The molecule has 0 radical (unpaired) electrons. The molecule has 366 valence electrons. The highest BCUT2D eigenvalue weighted by Gasteiger charge is 2.43. The van der Waals surface area contributed by atoms with E-state index in [0.717, 1.165) is 10.9 Å². The first-order chi connectivity index (χ1) is 32.4. The fourth-order valence-electron chi connectivity index (χ4n) is 9.00. The zero-order valence-corrected chi connectivity index (χ0v) is 39.2. The Hall–Kier alpha value is -6.83. The molecule has 3 saturated heterocycles. The van der Waals surface area contributed by atoms with Crippen molar-refractivity contribution in [2.24, 2.45) is 17.8 Å². The number of ether oxygens (including phenoxy) is 1. The summed E-state index contributed by atoms with van der Waals surface area (Å²) in [6.07, 6.45) is -0.528. The molecule has 11 atom stereocenters. The molecule has 3 aliphatic rings. The molecule has 3 aromatic rings. The quantitative estimate of drug-likeness (QED) is 0.122. The van der Waals surface area contributed by atoms with Crippen molar-refractivity contribution in [3.05, 3.63) is 71.9 Å². The topological polar surface area (TPSA) is 287 Å². The molecule has 1 aromatic heterocycles. The van der Waals surface area contributed by atoms with Gasteiger partial charge in [0.25, 0.3) is 0 Å². The van der Waals surface area contributed by atoms with E-state index in [4.69, 9.17) is 4.74 Å². The highest BCUT2D eigenvalue weighted by atomic mass is 16.5. The minimum Gasteiger partial charge on any atom is -0.361 e. The number of hydrogen-bond donors (Lipinski definition) is 10. The van der Waals surface area contributed by atoms with Crippen LogP contribution < -0.4 is 47.9 Å². The maximum atomic E-state index is 14.5. The number of aromatic amines is 1. The third-order valence-electron chi connectivity index (χ3n) is 12.9. The van der Waals surface area contributed by atoms with Gasteiger partial charge in [0.1, 0.15) is 36.3 Å². The summed E-state index contributed by atoms with van der Waals surface area (Å²) >= 11 is 0. The van der Waals surface area contributed by atoms with Crippen molar-refractivity contribution in [1.29, 1.82) is 0 Å². The van der Waals surface area contributed by atoms with Gasteiger partial charge in [-0.25, -0.2) is 0 Å². The van der Waals surface area contributed by atoms with Crippen LogP contribution in [0.2, 0.25) is 0 Å². The Morgan fingerprint density at radius 1 is 0.691 bits per heavy atom. The molecular weight excluding hydrogens is 877 g/mol. The van der Waals surface area contributed by atoms with Crippen LogP contribution >= 0.6 is 0 Å². The van der Waals surface area contributed by atoms with E-state index in [1.165, 1.54) is 6.92 Å². The van der Waals surface area contributed by atoms with Crippen molar-refractivity contribution in [2.45, 2.75) is 135 Å². The third kappa shape index (κ3) is 13.0. The lowest BCUT2D eigenvalue weighted by atomic mass is 9.80. The van der Waals surface area contributed by atoms with Gasteiger partial charge in [0, 0.05) is 43.4 Å². The van der Waals surface area contributed by atoms with Crippen LogP contribution in [0.15, 0.2) is 60.8 Å². The predicted octanol–water partition coefficient (Wildman–Crippen LogP) is -0.140. The molecule has 9 amide bonds. The fraction of sp³-hybridized carbons (Fsp3) is 0.521. The molecule has 2 bridgehead atoms. The van der Waals surface area contributed by atoms with Gasteiger partial charge < -0.3 is 57.6 Å². The lowest BCUT2D eigenvalue weighted by Gasteiger charge is -2.45. The first-order valence-electron chi connectivity index (χ1n) is 23.3. The molecule has 3 fully saturated rings. The van der Waals surface area contributed by atoms with Crippen LogP contribution in [-0.4, -0.2) is 119 Å². The molecule has 0 saturated carbocycles. The molecule has 68 heavy (non-hydrogen) atoms. The van der Waals surface area contributed by atoms with Crippen LogP contribution in [-0.2, 0) is 60.7 Å².